The molecular weight excluding hydrogens is 368 g/mol. The van der Waals surface area contributed by atoms with E-state index in [1.165, 1.54) is 43.3 Å². The van der Waals surface area contributed by atoms with Crippen LogP contribution >= 0.6 is 0 Å². The van der Waals surface area contributed by atoms with E-state index in [2.05, 4.69) is 53.0 Å². The van der Waals surface area contributed by atoms with Crippen molar-refractivity contribution in [3.63, 3.8) is 0 Å². The summed E-state index contributed by atoms with van der Waals surface area (Å²) < 4.78 is 0. The molecule has 0 aromatic rings. The van der Waals surface area contributed by atoms with Gasteiger partial charge in [0, 0.05) is 12.8 Å². The molecule has 0 bridgehead atoms. The molecule has 0 aromatic heterocycles. The Morgan fingerprint density at radius 1 is 1.07 bits per heavy atom. The van der Waals surface area contributed by atoms with Crippen molar-refractivity contribution in [1.82, 2.24) is 0 Å². The van der Waals surface area contributed by atoms with E-state index in [4.69, 9.17) is 0 Å². The van der Waals surface area contributed by atoms with Crippen LogP contribution in [0.4, 0.5) is 0 Å². The molecule has 3 fully saturated rings. The first-order chi connectivity index (χ1) is 14.0. The highest BCUT2D eigenvalue weighted by atomic mass is 16.5. The van der Waals surface area contributed by atoms with Crippen LogP contribution in [-0.4, -0.2) is 16.0 Å². The summed E-state index contributed by atoms with van der Waals surface area (Å²) in [6, 6.07) is 0. The fourth-order valence-corrected chi connectivity index (χ4v) is 6.72. The zero-order valence-electron chi connectivity index (χ0n) is 19.8. The predicted molar refractivity (Wildman–Crippen MR) is 127 cm³/mol. The van der Waals surface area contributed by atoms with Gasteiger partial charge in [-0.05, 0) is 66.8 Å². The molecule has 30 heavy (non-hydrogen) atoms. The van der Waals surface area contributed by atoms with E-state index in [1.54, 1.807) is 0 Å². The summed E-state index contributed by atoms with van der Waals surface area (Å²) in [6.45, 7) is 18.3. The van der Waals surface area contributed by atoms with Gasteiger partial charge in [0.05, 0.1) is 0 Å². The maximum atomic E-state index is 10.1. The first kappa shape index (κ1) is 23.5. The topological polar surface area (TPSA) is 40.5 Å². The highest BCUT2D eigenvalue weighted by molar-refractivity contribution is 5.38. The van der Waals surface area contributed by atoms with Gasteiger partial charge in [-0.1, -0.05) is 89.0 Å². The maximum Gasteiger partial charge on any atom is 0.166 e. The lowest BCUT2D eigenvalue weighted by Gasteiger charge is -2.44. The van der Waals surface area contributed by atoms with Crippen molar-refractivity contribution in [2.45, 2.75) is 97.7 Å². The number of hydrogen-bond donors (Lipinski definition) is 2. The van der Waals surface area contributed by atoms with Crippen LogP contribution in [0.3, 0.4) is 0 Å². The molecular formula is C28H44O2. The standard InChI is InChI=1S/C28H44O2/c1-19(2)9-7-10-21(4)26-22(5)17-25-23(11-8-15-27(25,26)6)12-13-24-18-28(29,30)16-14-20(24)3/h12-13,19,21,25-26,29-30H,3,5,7-11,14-18H2,1-2,4,6H3/b23-12+,24-13-/t21-,25+,26-,27-/m1/s1. The van der Waals surface area contributed by atoms with E-state index in [0.29, 0.717) is 42.4 Å². The highest BCUT2D eigenvalue weighted by Crippen LogP contribution is 2.61. The Bertz CT molecular complexity index is 723. The fourth-order valence-electron chi connectivity index (χ4n) is 6.72. The molecule has 2 heteroatoms. The molecule has 2 nitrogen and oxygen atoms in total. The molecule has 2 N–H and O–H groups in total. The maximum absolute atomic E-state index is 10.1. The van der Waals surface area contributed by atoms with Gasteiger partial charge in [-0.15, -0.1) is 0 Å². The van der Waals surface area contributed by atoms with Crippen LogP contribution in [0.5, 0.6) is 0 Å². The van der Waals surface area contributed by atoms with Crippen molar-refractivity contribution < 1.29 is 10.2 Å². The Balaban J connectivity index is 1.78. The number of hydrogen-bond acceptors (Lipinski definition) is 2. The first-order valence-corrected chi connectivity index (χ1v) is 12.2. The lowest BCUT2D eigenvalue weighted by atomic mass is 9.60. The van der Waals surface area contributed by atoms with Crippen molar-refractivity contribution in [3.8, 4) is 0 Å². The number of fused-ring (bicyclic) bond motifs is 1. The zero-order valence-corrected chi connectivity index (χ0v) is 19.8. The number of rotatable bonds is 6. The van der Waals surface area contributed by atoms with E-state index in [-0.39, 0.29) is 0 Å². The monoisotopic (exact) mass is 412 g/mol. The number of allylic oxidation sites excluding steroid dienone is 5. The third-order valence-electron chi connectivity index (χ3n) is 8.30. The molecule has 168 valence electrons. The van der Waals surface area contributed by atoms with Crippen molar-refractivity contribution in [2.75, 3.05) is 0 Å². The van der Waals surface area contributed by atoms with E-state index < -0.39 is 5.79 Å². The molecule has 3 aliphatic rings. The molecule has 0 spiro atoms. The predicted octanol–water partition coefficient (Wildman–Crippen LogP) is 7.11. The molecule has 4 atom stereocenters. The third kappa shape index (κ3) is 5.02. The van der Waals surface area contributed by atoms with Crippen LogP contribution in [0.1, 0.15) is 91.9 Å². The van der Waals surface area contributed by atoms with Crippen LogP contribution < -0.4 is 0 Å². The van der Waals surface area contributed by atoms with Gasteiger partial charge >= 0.3 is 0 Å². The van der Waals surface area contributed by atoms with Gasteiger partial charge in [-0.25, -0.2) is 0 Å². The quantitative estimate of drug-likeness (QED) is 0.360. The lowest BCUT2D eigenvalue weighted by Crippen LogP contribution is -2.36. The van der Waals surface area contributed by atoms with Gasteiger partial charge < -0.3 is 10.2 Å². The third-order valence-corrected chi connectivity index (χ3v) is 8.30. The average Bonchev–Trinajstić information content (AvgIpc) is 2.92. The summed E-state index contributed by atoms with van der Waals surface area (Å²) in [5, 5.41) is 20.1. The minimum atomic E-state index is -1.58. The molecule has 3 aliphatic carbocycles. The first-order valence-electron chi connectivity index (χ1n) is 12.2. The second-order valence-corrected chi connectivity index (χ2v) is 11.3. The van der Waals surface area contributed by atoms with Gasteiger partial charge in [-0.2, -0.15) is 0 Å². The molecule has 3 saturated carbocycles. The van der Waals surface area contributed by atoms with E-state index in [1.807, 2.05) is 0 Å². The van der Waals surface area contributed by atoms with Gasteiger partial charge in [0.1, 0.15) is 0 Å². The van der Waals surface area contributed by atoms with E-state index >= 15 is 0 Å². The van der Waals surface area contributed by atoms with E-state index in [9.17, 15) is 10.2 Å². The molecule has 0 amide bonds. The van der Waals surface area contributed by atoms with Crippen molar-refractivity contribution in [3.05, 3.63) is 47.6 Å². The van der Waals surface area contributed by atoms with Crippen molar-refractivity contribution in [2.24, 2.45) is 29.1 Å². The normalized spacial score (nSPS) is 35.3. The minimum absolute atomic E-state index is 0.291. The highest BCUT2D eigenvalue weighted by Gasteiger charge is 2.52. The van der Waals surface area contributed by atoms with Gasteiger partial charge in [0.25, 0.3) is 0 Å². The molecule has 0 unspecified atom stereocenters. The molecule has 0 radical (unpaired) electrons. The van der Waals surface area contributed by atoms with Crippen molar-refractivity contribution in [1.29, 1.82) is 0 Å². The number of aliphatic hydroxyl groups is 2. The Kier molecular flexibility index (Phi) is 7.19. The van der Waals surface area contributed by atoms with Gasteiger partial charge in [0.15, 0.2) is 5.79 Å². The van der Waals surface area contributed by atoms with Gasteiger partial charge in [-0.3, -0.25) is 0 Å². The summed E-state index contributed by atoms with van der Waals surface area (Å²) in [7, 11) is 0. The molecule has 0 aromatic carbocycles. The summed E-state index contributed by atoms with van der Waals surface area (Å²) in [5.41, 5.74) is 5.37. The Hall–Kier alpha value is -1.12. The largest absolute Gasteiger partial charge is 0.365 e. The van der Waals surface area contributed by atoms with Crippen LogP contribution in [0.15, 0.2) is 47.6 Å². The Labute approximate surface area is 184 Å². The summed E-state index contributed by atoms with van der Waals surface area (Å²) in [6.07, 6.45) is 14.5. The Morgan fingerprint density at radius 3 is 2.50 bits per heavy atom. The van der Waals surface area contributed by atoms with Crippen LogP contribution in [0.25, 0.3) is 0 Å². The SMILES string of the molecule is C=C1CCC(O)(O)C/C1=C/C=C1\CCC[C@]2(C)[C@H]1CC(=C)[C@H]2[C@H](C)CCCC(C)C. The van der Waals surface area contributed by atoms with Gasteiger partial charge in [0.2, 0.25) is 0 Å². The molecule has 3 rings (SSSR count). The summed E-state index contributed by atoms with van der Waals surface area (Å²) in [4.78, 5) is 0. The summed E-state index contributed by atoms with van der Waals surface area (Å²) in [5.74, 6) is 1.11. The Morgan fingerprint density at radius 2 is 1.80 bits per heavy atom. The minimum Gasteiger partial charge on any atom is -0.365 e. The summed E-state index contributed by atoms with van der Waals surface area (Å²) >= 11 is 0. The van der Waals surface area contributed by atoms with E-state index in [0.717, 1.165) is 29.9 Å². The molecule has 0 aliphatic heterocycles. The molecule has 0 saturated heterocycles. The van der Waals surface area contributed by atoms with Crippen molar-refractivity contribution >= 4 is 0 Å². The molecule has 0 heterocycles. The van der Waals surface area contributed by atoms with Crippen LogP contribution in [0, 0.1) is 29.1 Å². The smallest absolute Gasteiger partial charge is 0.166 e. The second kappa shape index (κ2) is 9.17. The fraction of sp³-hybridized carbons (Fsp3) is 0.714. The second-order valence-electron chi connectivity index (χ2n) is 11.3. The van der Waals surface area contributed by atoms with Crippen LogP contribution in [0.2, 0.25) is 0 Å². The van der Waals surface area contributed by atoms with Crippen LogP contribution in [-0.2, 0) is 0 Å². The zero-order chi connectivity index (χ0) is 22.1. The average molecular weight is 413 g/mol. The lowest BCUT2D eigenvalue weighted by molar-refractivity contribution is -0.166.